The first kappa shape index (κ1) is 32.6. The van der Waals surface area contributed by atoms with E-state index in [2.05, 4.69) is 20.5 Å². The average Bonchev–Trinajstić information content (AvgIpc) is 2.98. The molecule has 2 aromatic carbocycles. The zero-order valence-corrected chi connectivity index (χ0v) is 25.5. The first-order valence-electron chi connectivity index (χ1n) is 15.3. The molecule has 5 rings (SSSR count). The Morgan fingerprint density at radius 1 is 0.978 bits per heavy atom. The summed E-state index contributed by atoms with van der Waals surface area (Å²) >= 11 is 0. The van der Waals surface area contributed by atoms with Crippen LogP contribution in [0.2, 0.25) is 0 Å². The molecule has 242 valence electrons. The van der Waals surface area contributed by atoms with Crippen LogP contribution in [0, 0.1) is 11.6 Å². The van der Waals surface area contributed by atoms with Crippen LogP contribution in [-0.4, -0.2) is 54.1 Å². The number of aromatic nitrogens is 1. The number of nitrogens with one attached hydrogen (secondary N) is 3. The Bertz CT molecular complexity index is 1570. The molecule has 1 aliphatic heterocycles. The highest BCUT2D eigenvalue weighted by Crippen LogP contribution is 2.37. The van der Waals surface area contributed by atoms with Crippen LogP contribution in [0.5, 0.6) is 0 Å². The zero-order valence-electron chi connectivity index (χ0n) is 25.5. The average molecular weight is 632 g/mol. The highest BCUT2D eigenvalue weighted by molar-refractivity contribution is 6.07. The number of halogens is 5. The van der Waals surface area contributed by atoms with Crippen LogP contribution in [0.25, 0.3) is 11.1 Å². The first-order chi connectivity index (χ1) is 21.3. The standard InChI is InChI=1S/C33H38F5N5O2/c1-19-17-43(18-20(2)42(19)3)29-10-9-22(13-28(29)41-32(45)24-16-40-30(44)14-25(24)33(36,37)38)31-26(34)11-21(12-27(31)35)15-39-23-7-5-4-6-8-23/h9-14,16,19-20,23,39H,4-8,15,17-18H2,1-3H3,(H,40,44)(H,41,45)/t19-,20+. The molecule has 1 aliphatic carbocycles. The van der Waals surface area contributed by atoms with Crippen molar-refractivity contribution in [2.24, 2.45) is 0 Å². The number of carbonyl (C=O) groups excluding carboxylic acids is 1. The third-order valence-corrected chi connectivity index (χ3v) is 9.01. The highest BCUT2D eigenvalue weighted by atomic mass is 19.4. The smallest absolute Gasteiger partial charge is 0.367 e. The molecule has 2 fully saturated rings. The molecular weight excluding hydrogens is 593 g/mol. The number of alkyl halides is 3. The SMILES string of the molecule is C[C@@H]1CN(c2ccc(-c3c(F)cc(CNC4CCCCC4)cc3F)cc2NC(=O)c2c[nH]c(=O)cc2C(F)(F)F)C[C@H](C)N1C. The molecule has 1 saturated carbocycles. The summed E-state index contributed by atoms with van der Waals surface area (Å²) in [4.78, 5) is 31.3. The fourth-order valence-electron chi connectivity index (χ4n) is 6.32. The van der Waals surface area contributed by atoms with Gasteiger partial charge in [-0.05, 0) is 69.1 Å². The minimum absolute atomic E-state index is 0.0858. The number of anilines is 2. The monoisotopic (exact) mass is 631 g/mol. The van der Waals surface area contributed by atoms with E-state index < -0.39 is 40.4 Å². The van der Waals surface area contributed by atoms with Gasteiger partial charge in [0.1, 0.15) is 11.6 Å². The first-order valence-corrected chi connectivity index (χ1v) is 15.3. The van der Waals surface area contributed by atoms with Gasteiger partial charge in [0.05, 0.1) is 28.1 Å². The van der Waals surface area contributed by atoms with E-state index in [4.69, 9.17) is 0 Å². The molecular formula is C33H38F5N5O2. The highest BCUT2D eigenvalue weighted by Gasteiger charge is 2.36. The van der Waals surface area contributed by atoms with Gasteiger partial charge in [0, 0.05) is 50.0 Å². The molecule has 2 heterocycles. The number of likely N-dealkylation sites (N-methyl/N-ethyl adjacent to an activating group) is 1. The van der Waals surface area contributed by atoms with Crippen molar-refractivity contribution in [3.05, 3.63) is 81.3 Å². The third-order valence-electron chi connectivity index (χ3n) is 9.01. The van der Waals surface area contributed by atoms with E-state index in [-0.39, 0.29) is 28.9 Å². The topological polar surface area (TPSA) is 80.5 Å². The lowest BCUT2D eigenvalue weighted by Gasteiger charge is -2.44. The number of piperazine rings is 1. The maximum absolute atomic E-state index is 15.5. The third kappa shape index (κ3) is 7.38. The predicted molar refractivity (Wildman–Crippen MR) is 164 cm³/mol. The van der Waals surface area contributed by atoms with Crippen molar-refractivity contribution < 1.29 is 26.7 Å². The Kier molecular flexibility index (Phi) is 9.64. The van der Waals surface area contributed by atoms with Crippen molar-refractivity contribution >= 4 is 17.3 Å². The number of rotatable bonds is 7. The molecule has 1 aromatic heterocycles. The van der Waals surface area contributed by atoms with Gasteiger partial charge in [0.25, 0.3) is 5.91 Å². The van der Waals surface area contributed by atoms with Gasteiger partial charge in [0.15, 0.2) is 0 Å². The van der Waals surface area contributed by atoms with Crippen molar-refractivity contribution in [2.75, 3.05) is 30.4 Å². The molecule has 1 amide bonds. The number of hydrogen-bond acceptors (Lipinski definition) is 5. The summed E-state index contributed by atoms with van der Waals surface area (Å²) in [6, 6.07) is 7.94. The molecule has 0 radical (unpaired) electrons. The number of H-pyrrole nitrogens is 1. The summed E-state index contributed by atoms with van der Waals surface area (Å²) in [6.45, 7) is 5.46. The van der Waals surface area contributed by atoms with E-state index in [1.165, 1.54) is 24.6 Å². The van der Waals surface area contributed by atoms with Crippen LogP contribution in [0.4, 0.5) is 33.3 Å². The maximum atomic E-state index is 15.5. The predicted octanol–water partition coefficient (Wildman–Crippen LogP) is 6.54. The number of benzene rings is 2. The van der Waals surface area contributed by atoms with Crippen molar-refractivity contribution in [3.63, 3.8) is 0 Å². The Hall–Kier alpha value is -3.77. The lowest BCUT2D eigenvalue weighted by molar-refractivity contribution is -0.138. The van der Waals surface area contributed by atoms with Crippen LogP contribution < -0.4 is 21.1 Å². The minimum Gasteiger partial charge on any atom is -0.367 e. The molecule has 7 nitrogen and oxygen atoms in total. The van der Waals surface area contributed by atoms with Gasteiger partial charge >= 0.3 is 6.18 Å². The summed E-state index contributed by atoms with van der Waals surface area (Å²) in [6.07, 6.45) is 1.24. The number of carbonyl (C=O) groups is 1. The number of amides is 1. The van der Waals surface area contributed by atoms with Crippen LogP contribution in [-0.2, 0) is 12.7 Å². The Labute approximate surface area is 258 Å². The van der Waals surface area contributed by atoms with Gasteiger partial charge in [-0.1, -0.05) is 25.3 Å². The summed E-state index contributed by atoms with van der Waals surface area (Å²) < 4.78 is 72.3. The molecule has 2 atom stereocenters. The van der Waals surface area contributed by atoms with E-state index in [1.807, 2.05) is 25.8 Å². The van der Waals surface area contributed by atoms with Crippen LogP contribution in [0.1, 0.15) is 67.4 Å². The normalized spacial score (nSPS) is 20.0. The van der Waals surface area contributed by atoms with Crippen molar-refractivity contribution in [1.29, 1.82) is 0 Å². The molecule has 0 unspecified atom stereocenters. The second kappa shape index (κ2) is 13.3. The van der Waals surface area contributed by atoms with Gasteiger partial charge < -0.3 is 20.5 Å². The van der Waals surface area contributed by atoms with Crippen LogP contribution in [0.15, 0.2) is 47.4 Å². The number of hydrogen-bond donors (Lipinski definition) is 3. The van der Waals surface area contributed by atoms with E-state index in [9.17, 15) is 22.8 Å². The molecule has 2 aliphatic rings. The van der Waals surface area contributed by atoms with Gasteiger partial charge in [-0.25, -0.2) is 8.78 Å². The minimum atomic E-state index is -4.96. The second-order valence-electron chi connectivity index (χ2n) is 12.2. The second-order valence-corrected chi connectivity index (χ2v) is 12.2. The quantitative estimate of drug-likeness (QED) is 0.258. The van der Waals surface area contributed by atoms with Crippen molar-refractivity contribution in [1.82, 2.24) is 15.2 Å². The van der Waals surface area contributed by atoms with E-state index >= 15 is 8.78 Å². The summed E-state index contributed by atoms with van der Waals surface area (Å²) in [5.74, 6) is -2.71. The fraction of sp³-hybridized carbons (Fsp3) is 0.455. The Morgan fingerprint density at radius 3 is 2.24 bits per heavy atom. The number of nitrogens with zero attached hydrogens (tertiary/aromatic N) is 2. The Morgan fingerprint density at radius 2 is 1.62 bits per heavy atom. The molecule has 12 heteroatoms. The number of pyridine rings is 1. The van der Waals surface area contributed by atoms with Gasteiger partial charge in [-0.2, -0.15) is 13.2 Å². The molecule has 1 saturated heterocycles. The van der Waals surface area contributed by atoms with Gasteiger partial charge in [-0.3, -0.25) is 14.5 Å². The fourth-order valence-corrected chi connectivity index (χ4v) is 6.32. The molecule has 0 spiro atoms. The van der Waals surface area contributed by atoms with Crippen molar-refractivity contribution in [3.8, 4) is 11.1 Å². The van der Waals surface area contributed by atoms with Gasteiger partial charge in [-0.15, -0.1) is 0 Å². The summed E-state index contributed by atoms with van der Waals surface area (Å²) in [5, 5.41) is 5.92. The van der Waals surface area contributed by atoms with Crippen LogP contribution in [0.3, 0.4) is 0 Å². The Balaban J connectivity index is 1.50. The lowest BCUT2D eigenvalue weighted by Crippen LogP contribution is -2.55. The van der Waals surface area contributed by atoms with Crippen LogP contribution >= 0.6 is 0 Å². The number of aromatic amines is 1. The lowest BCUT2D eigenvalue weighted by atomic mass is 9.95. The zero-order chi connectivity index (χ0) is 32.5. The molecule has 0 bridgehead atoms. The largest absolute Gasteiger partial charge is 0.417 e. The van der Waals surface area contributed by atoms with Crippen molar-refractivity contribution in [2.45, 2.75) is 76.8 Å². The summed E-state index contributed by atoms with van der Waals surface area (Å²) in [5.41, 5.74) is -2.34. The summed E-state index contributed by atoms with van der Waals surface area (Å²) in [7, 11) is 1.99. The van der Waals surface area contributed by atoms with E-state index in [0.717, 1.165) is 25.7 Å². The molecule has 45 heavy (non-hydrogen) atoms. The molecule has 3 N–H and O–H groups in total. The van der Waals surface area contributed by atoms with Gasteiger partial charge in [0.2, 0.25) is 5.56 Å². The van der Waals surface area contributed by atoms with E-state index in [1.54, 1.807) is 12.1 Å². The van der Waals surface area contributed by atoms with E-state index in [0.29, 0.717) is 49.2 Å². The molecule has 3 aromatic rings. The maximum Gasteiger partial charge on any atom is 0.417 e.